The zero-order chi connectivity index (χ0) is 13.1. The van der Waals surface area contributed by atoms with E-state index in [1.54, 1.807) is 11.3 Å². The summed E-state index contributed by atoms with van der Waals surface area (Å²) in [7, 11) is 0. The Morgan fingerprint density at radius 1 is 1.28 bits per heavy atom. The number of hydrogen-bond donors (Lipinski definition) is 1. The van der Waals surface area contributed by atoms with Crippen LogP contribution in [0.1, 0.15) is 25.7 Å². The minimum absolute atomic E-state index is 0.0400. The average Bonchev–Trinajstić information content (AvgIpc) is 2.75. The summed E-state index contributed by atoms with van der Waals surface area (Å²) in [4.78, 5) is 14.4. The zero-order valence-corrected chi connectivity index (χ0v) is 12.7. The molecule has 1 N–H and O–H groups in total. The predicted octanol–water partition coefficient (Wildman–Crippen LogP) is 4.06. The van der Waals surface area contributed by atoms with Crippen molar-refractivity contribution in [3.05, 3.63) is 55.7 Å². The maximum Gasteiger partial charge on any atom is 0.251 e. The molecule has 1 amide bonds. The van der Waals surface area contributed by atoms with Crippen molar-refractivity contribution in [2.45, 2.75) is 20.4 Å². The van der Waals surface area contributed by atoms with Crippen LogP contribution in [0.4, 0.5) is 0 Å². The normalized spacial score (nSPS) is 10.4. The molecule has 1 heterocycles. The van der Waals surface area contributed by atoms with Gasteiger partial charge in [0, 0.05) is 19.8 Å². The molecule has 4 heteroatoms. The number of rotatable bonds is 3. The summed E-state index contributed by atoms with van der Waals surface area (Å²) in [6, 6.07) is 9.74. The van der Waals surface area contributed by atoms with Crippen LogP contribution in [0.5, 0.6) is 0 Å². The molecule has 94 valence electrons. The molecule has 0 saturated heterocycles. The van der Waals surface area contributed by atoms with Gasteiger partial charge in [-0.25, -0.2) is 0 Å². The standard InChI is InChI=1S/C14H14BrNOS/c1-9-3-5-11(7-13(9)15)14(17)16-8-12-6-4-10(2)18-12/h3-7H,8H2,1-2H3,(H,16,17). The second-order valence-electron chi connectivity index (χ2n) is 4.16. The fraction of sp³-hybridized carbons (Fsp3) is 0.214. The number of nitrogens with one attached hydrogen (secondary N) is 1. The van der Waals surface area contributed by atoms with Gasteiger partial charge in [0.25, 0.3) is 5.91 Å². The summed E-state index contributed by atoms with van der Waals surface area (Å²) < 4.78 is 0.960. The van der Waals surface area contributed by atoms with Gasteiger partial charge in [-0.05, 0) is 43.7 Å². The molecule has 2 rings (SSSR count). The van der Waals surface area contributed by atoms with Gasteiger partial charge in [0.2, 0.25) is 0 Å². The Morgan fingerprint density at radius 2 is 2.06 bits per heavy atom. The highest BCUT2D eigenvalue weighted by Gasteiger charge is 2.07. The monoisotopic (exact) mass is 323 g/mol. The molecule has 0 aliphatic carbocycles. The minimum atomic E-state index is -0.0400. The summed E-state index contributed by atoms with van der Waals surface area (Å²) >= 11 is 5.14. The number of benzene rings is 1. The number of thiophene rings is 1. The molecule has 0 spiro atoms. The molecule has 0 radical (unpaired) electrons. The molecule has 1 aromatic heterocycles. The van der Waals surface area contributed by atoms with Crippen molar-refractivity contribution in [3.63, 3.8) is 0 Å². The Balaban J connectivity index is 2.01. The van der Waals surface area contributed by atoms with Gasteiger partial charge in [-0.2, -0.15) is 0 Å². The van der Waals surface area contributed by atoms with Gasteiger partial charge in [0.05, 0.1) is 6.54 Å². The van der Waals surface area contributed by atoms with E-state index in [0.717, 1.165) is 10.0 Å². The third-order valence-electron chi connectivity index (χ3n) is 2.65. The van der Waals surface area contributed by atoms with Crippen LogP contribution in [0, 0.1) is 13.8 Å². The van der Waals surface area contributed by atoms with E-state index in [9.17, 15) is 4.79 Å². The summed E-state index contributed by atoms with van der Waals surface area (Å²) in [5.74, 6) is -0.0400. The molecule has 18 heavy (non-hydrogen) atoms. The third-order valence-corrected chi connectivity index (χ3v) is 4.51. The third kappa shape index (κ3) is 3.21. The first-order chi connectivity index (χ1) is 8.56. The highest BCUT2D eigenvalue weighted by Crippen LogP contribution is 2.18. The summed E-state index contributed by atoms with van der Waals surface area (Å²) in [5, 5.41) is 2.93. The molecule has 0 aliphatic rings. The second-order valence-corrected chi connectivity index (χ2v) is 6.39. The Hall–Kier alpha value is -1.13. The van der Waals surface area contributed by atoms with Crippen molar-refractivity contribution < 1.29 is 4.79 Å². The van der Waals surface area contributed by atoms with Crippen molar-refractivity contribution >= 4 is 33.2 Å². The molecule has 0 aliphatic heterocycles. The van der Waals surface area contributed by atoms with Gasteiger partial charge in [-0.15, -0.1) is 11.3 Å². The molecule has 2 nitrogen and oxygen atoms in total. The van der Waals surface area contributed by atoms with Crippen LogP contribution in [0.2, 0.25) is 0 Å². The van der Waals surface area contributed by atoms with Crippen molar-refractivity contribution in [2.24, 2.45) is 0 Å². The first-order valence-electron chi connectivity index (χ1n) is 5.66. The number of aryl methyl sites for hydroxylation is 2. The average molecular weight is 324 g/mol. The maximum absolute atomic E-state index is 12.0. The number of hydrogen-bond acceptors (Lipinski definition) is 2. The van der Waals surface area contributed by atoms with E-state index >= 15 is 0 Å². The van der Waals surface area contributed by atoms with Crippen LogP contribution in [0.3, 0.4) is 0 Å². The van der Waals surface area contributed by atoms with Gasteiger partial charge < -0.3 is 5.32 Å². The molecular formula is C14H14BrNOS. The summed E-state index contributed by atoms with van der Waals surface area (Å²) in [6.07, 6.45) is 0. The number of carbonyl (C=O) groups excluding carboxylic acids is 1. The lowest BCUT2D eigenvalue weighted by molar-refractivity contribution is 0.0951. The fourth-order valence-corrected chi connectivity index (χ4v) is 2.79. The van der Waals surface area contributed by atoms with Gasteiger partial charge >= 0.3 is 0 Å². The minimum Gasteiger partial charge on any atom is -0.347 e. The Bertz CT molecular complexity index is 577. The predicted molar refractivity (Wildman–Crippen MR) is 79.1 cm³/mol. The van der Waals surface area contributed by atoms with Crippen LogP contribution in [-0.2, 0) is 6.54 Å². The molecular weight excluding hydrogens is 310 g/mol. The number of amides is 1. The van der Waals surface area contributed by atoms with E-state index in [2.05, 4.69) is 34.2 Å². The zero-order valence-electron chi connectivity index (χ0n) is 10.3. The Morgan fingerprint density at radius 3 is 2.67 bits per heavy atom. The van der Waals surface area contributed by atoms with Crippen molar-refractivity contribution in [2.75, 3.05) is 0 Å². The molecule has 1 aromatic carbocycles. The van der Waals surface area contributed by atoms with E-state index in [4.69, 9.17) is 0 Å². The van der Waals surface area contributed by atoms with Crippen molar-refractivity contribution in [1.82, 2.24) is 5.32 Å². The van der Waals surface area contributed by atoms with Crippen LogP contribution < -0.4 is 5.32 Å². The van der Waals surface area contributed by atoms with Crippen LogP contribution >= 0.6 is 27.3 Å². The molecule has 0 atom stereocenters. The SMILES string of the molecule is Cc1ccc(CNC(=O)c2ccc(C)c(Br)c2)s1. The van der Waals surface area contributed by atoms with E-state index in [1.807, 2.05) is 31.2 Å². The molecule has 0 fully saturated rings. The topological polar surface area (TPSA) is 29.1 Å². The highest BCUT2D eigenvalue weighted by atomic mass is 79.9. The lowest BCUT2D eigenvalue weighted by Crippen LogP contribution is -2.22. The second kappa shape index (κ2) is 5.67. The number of halogens is 1. The molecule has 0 saturated carbocycles. The van der Waals surface area contributed by atoms with Gasteiger partial charge in [0.1, 0.15) is 0 Å². The fourth-order valence-electron chi connectivity index (χ4n) is 1.58. The van der Waals surface area contributed by atoms with Crippen molar-refractivity contribution in [3.8, 4) is 0 Å². The van der Waals surface area contributed by atoms with Crippen LogP contribution in [-0.4, -0.2) is 5.91 Å². The first kappa shape index (κ1) is 13.3. The van der Waals surface area contributed by atoms with E-state index in [0.29, 0.717) is 12.1 Å². The van der Waals surface area contributed by atoms with E-state index in [-0.39, 0.29) is 5.91 Å². The highest BCUT2D eigenvalue weighted by molar-refractivity contribution is 9.10. The van der Waals surface area contributed by atoms with Crippen LogP contribution in [0.25, 0.3) is 0 Å². The van der Waals surface area contributed by atoms with Crippen molar-refractivity contribution in [1.29, 1.82) is 0 Å². The molecule has 0 bridgehead atoms. The lowest BCUT2D eigenvalue weighted by Gasteiger charge is -2.05. The maximum atomic E-state index is 12.0. The smallest absolute Gasteiger partial charge is 0.251 e. The molecule has 0 unspecified atom stereocenters. The lowest BCUT2D eigenvalue weighted by atomic mass is 10.1. The van der Waals surface area contributed by atoms with Gasteiger partial charge in [-0.3, -0.25) is 4.79 Å². The molecule has 2 aromatic rings. The van der Waals surface area contributed by atoms with Gasteiger partial charge in [0.15, 0.2) is 0 Å². The first-order valence-corrected chi connectivity index (χ1v) is 7.27. The largest absolute Gasteiger partial charge is 0.347 e. The van der Waals surface area contributed by atoms with Gasteiger partial charge in [-0.1, -0.05) is 22.0 Å². The van der Waals surface area contributed by atoms with Crippen LogP contribution in [0.15, 0.2) is 34.8 Å². The quantitative estimate of drug-likeness (QED) is 0.906. The Labute approximate surface area is 119 Å². The number of carbonyl (C=O) groups is 1. The summed E-state index contributed by atoms with van der Waals surface area (Å²) in [5.41, 5.74) is 1.81. The van der Waals surface area contributed by atoms with E-state index in [1.165, 1.54) is 9.75 Å². The van der Waals surface area contributed by atoms with E-state index < -0.39 is 0 Å². The Kier molecular flexibility index (Phi) is 4.19. The summed E-state index contributed by atoms with van der Waals surface area (Å²) in [6.45, 7) is 4.65.